The van der Waals surface area contributed by atoms with Crippen molar-refractivity contribution in [1.29, 1.82) is 0 Å². The molecule has 126 valence electrons. The molecular weight excluding hydrogens is 288 g/mol. The van der Waals surface area contributed by atoms with E-state index in [1.165, 1.54) is 24.8 Å². The van der Waals surface area contributed by atoms with Crippen LogP contribution in [0.1, 0.15) is 50.7 Å². The van der Waals surface area contributed by atoms with E-state index in [4.69, 9.17) is 4.74 Å². The van der Waals surface area contributed by atoms with Crippen LogP contribution < -0.4 is 5.32 Å². The molecule has 23 heavy (non-hydrogen) atoms. The van der Waals surface area contributed by atoms with Crippen LogP contribution in [0.4, 0.5) is 0 Å². The monoisotopic (exact) mass is 316 g/mol. The minimum absolute atomic E-state index is 0.0578. The Balaban J connectivity index is 1.53. The van der Waals surface area contributed by atoms with E-state index in [2.05, 4.69) is 29.3 Å². The van der Waals surface area contributed by atoms with Gasteiger partial charge in [0.2, 0.25) is 5.91 Å². The minimum atomic E-state index is 0.0578. The molecule has 3 rings (SSSR count). The first-order chi connectivity index (χ1) is 11.2. The third-order valence-corrected chi connectivity index (χ3v) is 4.84. The first-order valence-electron chi connectivity index (χ1n) is 8.93. The summed E-state index contributed by atoms with van der Waals surface area (Å²) in [6, 6.07) is 10.7. The topological polar surface area (TPSA) is 41.6 Å². The normalized spacial score (nSPS) is 26.8. The Morgan fingerprint density at radius 2 is 1.91 bits per heavy atom. The summed E-state index contributed by atoms with van der Waals surface area (Å²) < 4.78 is 6.06. The molecule has 1 saturated heterocycles. The second-order valence-electron chi connectivity index (χ2n) is 6.94. The number of morpholine rings is 1. The molecule has 1 aromatic rings. The molecule has 1 aliphatic carbocycles. The second-order valence-corrected chi connectivity index (χ2v) is 6.94. The summed E-state index contributed by atoms with van der Waals surface area (Å²) in [5.74, 6) is 0.165. The molecule has 2 aliphatic rings. The summed E-state index contributed by atoms with van der Waals surface area (Å²) in [6.45, 7) is 4.17. The molecular formula is C19H28N2O2. The lowest BCUT2D eigenvalue weighted by Gasteiger charge is -2.37. The number of carbonyl (C=O) groups excluding carboxylic acids is 1. The average Bonchev–Trinajstić information content (AvgIpc) is 2.56. The number of amides is 1. The van der Waals surface area contributed by atoms with Crippen molar-refractivity contribution in [2.45, 2.75) is 57.3 Å². The SMILES string of the molecule is CC1CN(CC(=O)NC2CCCCC2)CC(c2ccccc2)O1. The molecule has 0 radical (unpaired) electrons. The van der Waals surface area contributed by atoms with Crippen LogP contribution in [0.25, 0.3) is 0 Å². The largest absolute Gasteiger partial charge is 0.368 e. The smallest absolute Gasteiger partial charge is 0.234 e. The highest BCUT2D eigenvalue weighted by molar-refractivity contribution is 5.78. The molecule has 2 unspecified atom stereocenters. The molecule has 1 saturated carbocycles. The van der Waals surface area contributed by atoms with Gasteiger partial charge >= 0.3 is 0 Å². The summed E-state index contributed by atoms with van der Waals surface area (Å²) in [5.41, 5.74) is 1.19. The molecule has 4 nitrogen and oxygen atoms in total. The Morgan fingerprint density at radius 1 is 1.17 bits per heavy atom. The van der Waals surface area contributed by atoms with Gasteiger partial charge in [0.1, 0.15) is 0 Å². The van der Waals surface area contributed by atoms with E-state index in [-0.39, 0.29) is 18.1 Å². The van der Waals surface area contributed by atoms with E-state index >= 15 is 0 Å². The first-order valence-corrected chi connectivity index (χ1v) is 8.93. The summed E-state index contributed by atoms with van der Waals surface area (Å²) in [5, 5.41) is 3.21. The van der Waals surface area contributed by atoms with E-state index in [1.54, 1.807) is 0 Å². The zero-order chi connectivity index (χ0) is 16.1. The number of benzene rings is 1. The van der Waals surface area contributed by atoms with Crippen LogP contribution in [0.5, 0.6) is 0 Å². The van der Waals surface area contributed by atoms with Gasteiger partial charge in [-0.05, 0) is 25.3 Å². The Kier molecular flexibility index (Phi) is 5.68. The quantitative estimate of drug-likeness (QED) is 0.928. The predicted octanol–water partition coefficient (Wildman–Crippen LogP) is 2.90. The fourth-order valence-corrected chi connectivity index (χ4v) is 3.74. The van der Waals surface area contributed by atoms with Crippen molar-refractivity contribution in [3.05, 3.63) is 35.9 Å². The molecule has 2 fully saturated rings. The lowest BCUT2D eigenvalue weighted by molar-refractivity contribution is -0.127. The van der Waals surface area contributed by atoms with E-state index in [0.29, 0.717) is 12.6 Å². The molecule has 2 atom stereocenters. The van der Waals surface area contributed by atoms with Crippen molar-refractivity contribution in [3.63, 3.8) is 0 Å². The maximum Gasteiger partial charge on any atom is 0.234 e. The van der Waals surface area contributed by atoms with Gasteiger partial charge in [-0.3, -0.25) is 9.69 Å². The lowest BCUT2D eigenvalue weighted by atomic mass is 9.95. The van der Waals surface area contributed by atoms with Crippen LogP contribution in [-0.4, -0.2) is 42.6 Å². The van der Waals surface area contributed by atoms with Gasteiger partial charge in [-0.25, -0.2) is 0 Å². The van der Waals surface area contributed by atoms with E-state index < -0.39 is 0 Å². The van der Waals surface area contributed by atoms with Gasteiger partial charge in [-0.1, -0.05) is 49.6 Å². The minimum Gasteiger partial charge on any atom is -0.368 e. The third-order valence-electron chi connectivity index (χ3n) is 4.84. The fourth-order valence-electron chi connectivity index (χ4n) is 3.74. The average molecular weight is 316 g/mol. The highest BCUT2D eigenvalue weighted by Gasteiger charge is 2.28. The third kappa shape index (κ3) is 4.79. The van der Waals surface area contributed by atoms with Crippen molar-refractivity contribution in [3.8, 4) is 0 Å². The maximum atomic E-state index is 12.3. The van der Waals surface area contributed by atoms with Gasteiger partial charge in [-0.15, -0.1) is 0 Å². The summed E-state index contributed by atoms with van der Waals surface area (Å²) in [6.07, 6.45) is 6.28. The van der Waals surface area contributed by atoms with Crippen LogP contribution in [0.2, 0.25) is 0 Å². The molecule has 1 aliphatic heterocycles. The Labute approximate surface area is 139 Å². The number of hydrogen-bond acceptors (Lipinski definition) is 3. The maximum absolute atomic E-state index is 12.3. The number of carbonyl (C=O) groups is 1. The second kappa shape index (κ2) is 7.93. The van der Waals surface area contributed by atoms with E-state index in [9.17, 15) is 4.79 Å². The van der Waals surface area contributed by atoms with Gasteiger partial charge in [0.25, 0.3) is 0 Å². The Hall–Kier alpha value is -1.39. The van der Waals surface area contributed by atoms with Crippen LogP contribution in [-0.2, 0) is 9.53 Å². The molecule has 1 amide bonds. The lowest BCUT2D eigenvalue weighted by Crippen LogP contribution is -2.48. The van der Waals surface area contributed by atoms with Crippen molar-refractivity contribution in [1.82, 2.24) is 10.2 Å². The number of nitrogens with zero attached hydrogens (tertiary/aromatic N) is 1. The molecule has 4 heteroatoms. The first kappa shape index (κ1) is 16.5. The summed E-state index contributed by atoms with van der Waals surface area (Å²) >= 11 is 0. The number of nitrogens with one attached hydrogen (secondary N) is 1. The van der Waals surface area contributed by atoms with E-state index in [1.807, 2.05) is 18.2 Å². The predicted molar refractivity (Wildman–Crippen MR) is 91.2 cm³/mol. The van der Waals surface area contributed by atoms with Gasteiger partial charge in [0.05, 0.1) is 18.8 Å². The highest BCUT2D eigenvalue weighted by Crippen LogP contribution is 2.25. The van der Waals surface area contributed by atoms with Crippen LogP contribution in [0, 0.1) is 0 Å². The molecule has 0 aromatic heterocycles. The van der Waals surface area contributed by atoms with Gasteiger partial charge in [0.15, 0.2) is 0 Å². The van der Waals surface area contributed by atoms with Crippen molar-refractivity contribution in [2.24, 2.45) is 0 Å². The fraction of sp³-hybridized carbons (Fsp3) is 0.632. The van der Waals surface area contributed by atoms with Crippen LogP contribution in [0.15, 0.2) is 30.3 Å². The van der Waals surface area contributed by atoms with Gasteiger partial charge < -0.3 is 10.1 Å². The standard InChI is InChI=1S/C19H28N2O2/c1-15-12-21(13-18(23-15)16-8-4-2-5-9-16)14-19(22)20-17-10-6-3-7-11-17/h2,4-5,8-9,15,17-18H,3,6-7,10-14H2,1H3,(H,20,22). The molecule has 0 spiro atoms. The summed E-state index contributed by atoms with van der Waals surface area (Å²) in [4.78, 5) is 14.6. The Morgan fingerprint density at radius 3 is 2.65 bits per heavy atom. The van der Waals surface area contributed by atoms with Gasteiger partial charge in [0, 0.05) is 19.1 Å². The van der Waals surface area contributed by atoms with Crippen molar-refractivity contribution < 1.29 is 9.53 Å². The molecule has 1 aromatic carbocycles. The zero-order valence-corrected chi connectivity index (χ0v) is 14.0. The highest BCUT2D eigenvalue weighted by atomic mass is 16.5. The molecule has 1 heterocycles. The summed E-state index contributed by atoms with van der Waals surface area (Å²) in [7, 11) is 0. The number of rotatable bonds is 4. The van der Waals surface area contributed by atoms with Crippen molar-refractivity contribution >= 4 is 5.91 Å². The Bertz CT molecular complexity index is 499. The van der Waals surface area contributed by atoms with Crippen LogP contribution in [0.3, 0.4) is 0 Å². The zero-order valence-electron chi connectivity index (χ0n) is 14.0. The molecule has 0 bridgehead atoms. The molecule has 1 N–H and O–H groups in total. The van der Waals surface area contributed by atoms with Gasteiger partial charge in [-0.2, -0.15) is 0 Å². The number of ether oxygens (including phenoxy) is 1. The van der Waals surface area contributed by atoms with E-state index in [0.717, 1.165) is 25.9 Å². The number of hydrogen-bond donors (Lipinski definition) is 1. The van der Waals surface area contributed by atoms with Crippen molar-refractivity contribution in [2.75, 3.05) is 19.6 Å². The van der Waals surface area contributed by atoms with Crippen LogP contribution >= 0.6 is 0 Å².